The number of alkyl carbamates (subject to hydrolysis) is 1. The van der Waals surface area contributed by atoms with Gasteiger partial charge >= 0.3 is 12.1 Å². The Kier molecular flexibility index (Phi) is 8.88. The maximum absolute atomic E-state index is 12.0. The van der Waals surface area contributed by atoms with Crippen molar-refractivity contribution in [3.63, 3.8) is 0 Å². The third kappa shape index (κ3) is 10.3. The van der Waals surface area contributed by atoms with Crippen LogP contribution in [0.5, 0.6) is 0 Å². The third-order valence-electron chi connectivity index (χ3n) is 3.88. The van der Waals surface area contributed by atoms with Gasteiger partial charge in [0.1, 0.15) is 5.60 Å². The zero-order valence-corrected chi connectivity index (χ0v) is 18.2. The molecule has 0 heterocycles. The average molecular weight is 374 g/mol. The number of hydrogen-bond acceptors (Lipinski definition) is 5. The highest BCUT2D eigenvalue weighted by Gasteiger charge is 2.37. The van der Waals surface area contributed by atoms with E-state index in [9.17, 15) is 9.59 Å². The van der Waals surface area contributed by atoms with Gasteiger partial charge in [0.05, 0.1) is 19.3 Å². The number of ether oxygens (including phenoxy) is 2. The molecule has 25 heavy (non-hydrogen) atoms. The molecule has 0 aliphatic carbocycles. The maximum atomic E-state index is 12.0. The van der Waals surface area contributed by atoms with Gasteiger partial charge in [-0.2, -0.15) is 0 Å². The molecule has 0 spiro atoms. The standard InChI is InChI=1S/C18H35NO5Si/c1-10-22-15(20)12-11-14(19-16(21)24-17(2,3)4)13-23-25(8,9)18(5,6)7/h11-12,14H,10,13H2,1-9H3,(H,19,21)/b12-11-. The lowest BCUT2D eigenvalue weighted by Gasteiger charge is -2.37. The number of carbonyl (C=O) groups excluding carboxylic acids is 2. The molecule has 1 N–H and O–H groups in total. The predicted molar refractivity (Wildman–Crippen MR) is 102 cm³/mol. The molecule has 0 bridgehead atoms. The molecule has 0 aromatic heterocycles. The van der Waals surface area contributed by atoms with Crippen LogP contribution in [0.3, 0.4) is 0 Å². The monoisotopic (exact) mass is 373 g/mol. The molecule has 0 aliphatic rings. The molecule has 0 radical (unpaired) electrons. The quantitative estimate of drug-likeness (QED) is 0.414. The summed E-state index contributed by atoms with van der Waals surface area (Å²) in [5, 5.41) is 2.79. The molecule has 6 nitrogen and oxygen atoms in total. The van der Waals surface area contributed by atoms with Crippen LogP contribution in [0, 0.1) is 0 Å². The molecule has 0 saturated heterocycles. The van der Waals surface area contributed by atoms with E-state index in [1.165, 1.54) is 6.08 Å². The number of esters is 1. The van der Waals surface area contributed by atoms with Crippen molar-refractivity contribution in [2.24, 2.45) is 0 Å². The van der Waals surface area contributed by atoms with E-state index in [2.05, 4.69) is 39.2 Å². The van der Waals surface area contributed by atoms with Crippen LogP contribution < -0.4 is 5.32 Å². The number of nitrogens with one attached hydrogen (secondary N) is 1. The van der Waals surface area contributed by atoms with Gasteiger partial charge in [-0.25, -0.2) is 9.59 Å². The van der Waals surface area contributed by atoms with E-state index in [-0.39, 0.29) is 11.6 Å². The molecule has 1 unspecified atom stereocenters. The highest BCUT2D eigenvalue weighted by Crippen LogP contribution is 2.36. The zero-order chi connectivity index (χ0) is 19.9. The van der Waals surface area contributed by atoms with Gasteiger partial charge < -0.3 is 19.2 Å². The normalized spacial score (nSPS) is 14.3. The van der Waals surface area contributed by atoms with Crippen molar-refractivity contribution in [3.8, 4) is 0 Å². The second-order valence-electron chi connectivity index (χ2n) is 8.44. The molecule has 146 valence electrons. The van der Waals surface area contributed by atoms with E-state index in [0.29, 0.717) is 6.61 Å². The summed E-state index contributed by atoms with van der Waals surface area (Å²) in [6.07, 6.45) is 2.33. The number of rotatable bonds is 7. The lowest BCUT2D eigenvalue weighted by atomic mass is 10.2. The Morgan fingerprint density at radius 1 is 1.12 bits per heavy atom. The first kappa shape index (κ1) is 23.7. The van der Waals surface area contributed by atoms with Crippen LogP contribution >= 0.6 is 0 Å². The summed E-state index contributed by atoms with van der Waals surface area (Å²) in [6.45, 7) is 18.4. The largest absolute Gasteiger partial charge is 0.463 e. The first-order valence-corrected chi connectivity index (χ1v) is 11.6. The van der Waals surface area contributed by atoms with E-state index in [4.69, 9.17) is 13.9 Å². The van der Waals surface area contributed by atoms with Gasteiger partial charge in [-0.1, -0.05) is 26.8 Å². The van der Waals surface area contributed by atoms with Crippen LogP contribution in [0.25, 0.3) is 0 Å². The Morgan fingerprint density at radius 3 is 2.12 bits per heavy atom. The molecule has 1 amide bonds. The minimum Gasteiger partial charge on any atom is -0.463 e. The molecule has 1 atom stereocenters. The first-order chi connectivity index (χ1) is 11.2. The molecule has 0 aromatic rings. The molecule has 0 aliphatic heterocycles. The van der Waals surface area contributed by atoms with Gasteiger partial charge in [0.2, 0.25) is 0 Å². The highest BCUT2D eigenvalue weighted by atomic mass is 28.4. The molecular weight excluding hydrogens is 338 g/mol. The Labute approximate surface area is 153 Å². The van der Waals surface area contributed by atoms with Gasteiger partial charge in [-0.3, -0.25) is 0 Å². The van der Waals surface area contributed by atoms with E-state index in [0.717, 1.165) is 0 Å². The van der Waals surface area contributed by atoms with E-state index in [1.807, 2.05) is 0 Å². The van der Waals surface area contributed by atoms with Crippen molar-refractivity contribution in [3.05, 3.63) is 12.2 Å². The van der Waals surface area contributed by atoms with Gasteiger partial charge in [0.15, 0.2) is 8.32 Å². The molecule has 7 heteroatoms. The predicted octanol–water partition coefficient (Wildman–Crippen LogP) is 4.02. The lowest BCUT2D eigenvalue weighted by molar-refractivity contribution is -0.137. The van der Waals surface area contributed by atoms with Crippen LogP contribution in [0.1, 0.15) is 48.5 Å². The Morgan fingerprint density at radius 2 is 1.68 bits per heavy atom. The first-order valence-electron chi connectivity index (χ1n) is 8.66. The van der Waals surface area contributed by atoms with Crippen LogP contribution in [0.15, 0.2) is 12.2 Å². The summed E-state index contributed by atoms with van der Waals surface area (Å²) in [5.74, 6) is -0.453. The van der Waals surface area contributed by atoms with Crippen molar-refractivity contribution in [1.29, 1.82) is 0 Å². The fourth-order valence-electron chi connectivity index (χ4n) is 1.50. The fraction of sp³-hybridized carbons (Fsp3) is 0.778. The smallest absolute Gasteiger partial charge is 0.408 e. The molecule has 0 aromatic carbocycles. The van der Waals surface area contributed by atoms with Crippen molar-refractivity contribution < 1.29 is 23.5 Å². The van der Waals surface area contributed by atoms with Crippen LogP contribution in [0.4, 0.5) is 4.79 Å². The van der Waals surface area contributed by atoms with E-state index in [1.54, 1.807) is 33.8 Å². The summed E-state index contributed by atoms with van der Waals surface area (Å²) in [6, 6.07) is -0.478. The van der Waals surface area contributed by atoms with Gasteiger partial charge in [0.25, 0.3) is 0 Å². The zero-order valence-electron chi connectivity index (χ0n) is 17.2. The van der Waals surface area contributed by atoms with Crippen molar-refractivity contribution in [2.45, 2.75) is 78.2 Å². The summed E-state index contributed by atoms with van der Waals surface area (Å²) in [4.78, 5) is 23.6. The van der Waals surface area contributed by atoms with E-state index < -0.39 is 32.0 Å². The summed E-state index contributed by atoms with van der Waals surface area (Å²) < 4.78 is 16.3. The van der Waals surface area contributed by atoms with E-state index >= 15 is 0 Å². The SMILES string of the molecule is CCOC(=O)/C=C\C(CO[Si](C)(C)C(C)(C)C)NC(=O)OC(C)(C)C. The van der Waals surface area contributed by atoms with Crippen molar-refractivity contribution >= 4 is 20.4 Å². The molecule has 0 fully saturated rings. The number of amides is 1. The van der Waals surface area contributed by atoms with Crippen LogP contribution in [-0.2, 0) is 18.7 Å². The summed E-state index contributed by atoms with van der Waals surface area (Å²) in [5.41, 5.74) is -0.597. The molecule has 0 rings (SSSR count). The second-order valence-corrected chi connectivity index (χ2v) is 13.2. The average Bonchev–Trinajstić information content (AvgIpc) is 2.38. The van der Waals surface area contributed by atoms with Crippen molar-refractivity contribution in [2.75, 3.05) is 13.2 Å². The molecular formula is C18H35NO5Si. The fourth-order valence-corrected chi connectivity index (χ4v) is 2.53. The minimum absolute atomic E-state index is 0.0499. The number of carbonyl (C=O) groups is 2. The van der Waals surface area contributed by atoms with Crippen LogP contribution in [0.2, 0.25) is 18.1 Å². The Hall–Kier alpha value is -1.34. The Bertz CT molecular complexity index is 475. The van der Waals surface area contributed by atoms with Crippen LogP contribution in [-0.4, -0.2) is 45.2 Å². The van der Waals surface area contributed by atoms with Gasteiger partial charge in [0, 0.05) is 6.08 Å². The van der Waals surface area contributed by atoms with Gasteiger partial charge in [-0.05, 0) is 45.8 Å². The second kappa shape index (κ2) is 9.38. The highest BCUT2D eigenvalue weighted by molar-refractivity contribution is 6.74. The summed E-state index contributed by atoms with van der Waals surface area (Å²) >= 11 is 0. The third-order valence-corrected chi connectivity index (χ3v) is 8.38. The number of hydrogen-bond donors (Lipinski definition) is 1. The van der Waals surface area contributed by atoms with Gasteiger partial charge in [-0.15, -0.1) is 0 Å². The lowest BCUT2D eigenvalue weighted by Crippen LogP contribution is -2.46. The van der Waals surface area contributed by atoms with Crippen molar-refractivity contribution in [1.82, 2.24) is 5.32 Å². The minimum atomic E-state index is -1.98. The maximum Gasteiger partial charge on any atom is 0.408 e. The molecule has 0 saturated carbocycles. The Balaban J connectivity index is 5.01. The topological polar surface area (TPSA) is 73.9 Å². The summed E-state index contributed by atoms with van der Waals surface area (Å²) in [7, 11) is -1.98.